The van der Waals surface area contributed by atoms with E-state index >= 15 is 0 Å². The molecule has 180 valence electrons. The second-order valence-corrected chi connectivity index (χ2v) is 9.95. The van der Waals surface area contributed by atoms with E-state index in [4.69, 9.17) is 9.88 Å². The van der Waals surface area contributed by atoms with Gasteiger partial charge in [-0.1, -0.05) is 24.3 Å². The lowest BCUT2D eigenvalue weighted by Gasteiger charge is -2.13. The number of ether oxygens (including phenoxy) is 1. The summed E-state index contributed by atoms with van der Waals surface area (Å²) in [5, 5.41) is 10.0. The number of nitrogens with one attached hydrogen (secondary N) is 1. The summed E-state index contributed by atoms with van der Waals surface area (Å²) >= 11 is 0. The molecule has 1 atom stereocenters. The minimum absolute atomic E-state index is 0.0135. The molecule has 0 aliphatic heterocycles. The second-order valence-electron chi connectivity index (χ2n) is 7.78. The lowest BCUT2D eigenvalue weighted by Crippen LogP contribution is -2.13. The molecule has 3 N–H and O–H groups in total. The number of hydrogen-bond acceptors (Lipinski definition) is 5. The molecule has 0 fully saturated rings. The maximum absolute atomic E-state index is 14.7. The number of halogens is 3. The van der Waals surface area contributed by atoms with Crippen molar-refractivity contribution in [2.75, 3.05) is 11.6 Å². The molecule has 0 saturated carbocycles. The molecule has 3 aromatic carbocycles. The highest BCUT2D eigenvalue weighted by molar-refractivity contribution is 7.98. The van der Waals surface area contributed by atoms with Crippen LogP contribution in [0.5, 0.6) is 5.75 Å². The van der Waals surface area contributed by atoms with Gasteiger partial charge < -0.3 is 10.1 Å². The van der Waals surface area contributed by atoms with Crippen LogP contribution in [0.4, 0.5) is 24.8 Å². The molecule has 1 heterocycles. The van der Waals surface area contributed by atoms with Gasteiger partial charge in [-0.3, -0.25) is 9.35 Å². The van der Waals surface area contributed by atoms with Crippen LogP contribution >= 0.6 is 0 Å². The van der Waals surface area contributed by atoms with Gasteiger partial charge in [-0.25, -0.2) is 23.1 Å². The van der Waals surface area contributed by atoms with E-state index in [1.165, 1.54) is 48.0 Å². The summed E-state index contributed by atoms with van der Waals surface area (Å²) in [7, 11) is -2.60. The van der Waals surface area contributed by atoms with Crippen molar-refractivity contribution in [3.05, 3.63) is 102 Å². The fourth-order valence-electron chi connectivity index (χ4n) is 3.26. The van der Waals surface area contributed by atoms with Gasteiger partial charge in [0.15, 0.2) is 5.82 Å². The first-order chi connectivity index (χ1) is 16.7. The Kier molecular flexibility index (Phi) is 7.04. The molecule has 0 amide bonds. The Morgan fingerprint density at radius 1 is 1.03 bits per heavy atom. The molecule has 0 aliphatic rings. The molecule has 1 unspecified atom stereocenters. The first-order valence-electron chi connectivity index (χ1n) is 10.3. The predicted molar refractivity (Wildman–Crippen MR) is 131 cm³/mol. The Balaban J connectivity index is 1.63. The molecule has 4 aromatic rings. The maximum Gasteiger partial charge on any atom is 0.227 e. The zero-order chi connectivity index (χ0) is 25.0. The molecule has 4 rings (SSSR count). The van der Waals surface area contributed by atoms with Crippen molar-refractivity contribution in [3.63, 3.8) is 0 Å². The topological polar surface area (TPSA) is 90.1 Å². The summed E-state index contributed by atoms with van der Waals surface area (Å²) in [6, 6.07) is 16.2. The highest BCUT2D eigenvalue weighted by Gasteiger charge is 2.16. The Morgan fingerprint density at radius 2 is 1.77 bits per heavy atom. The summed E-state index contributed by atoms with van der Waals surface area (Å²) in [6.45, 7) is 0.0135. The number of nitrogens with two attached hydrogens (primary N) is 1. The Labute approximate surface area is 200 Å². The van der Waals surface area contributed by atoms with E-state index in [1.54, 1.807) is 24.3 Å². The molecule has 0 saturated heterocycles. The van der Waals surface area contributed by atoms with E-state index in [0.717, 1.165) is 12.3 Å². The number of benzene rings is 3. The van der Waals surface area contributed by atoms with E-state index in [-0.39, 0.29) is 29.6 Å². The fraction of sp³-hybridized carbons (Fsp3) is 0.0800. The molecule has 1 aromatic heterocycles. The van der Waals surface area contributed by atoms with Gasteiger partial charge in [0.1, 0.15) is 29.7 Å². The lowest BCUT2D eigenvalue weighted by molar-refractivity contribution is 0.305. The molecular formula is C25H21F3N4O2S. The third-order valence-electron chi connectivity index (χ3n) is 4.76. The van der Waals surface area contributed by atoms with Gasteiger partial charge in [-0.15, -0.1) is 0 Å². The molecule has 35 heavy (non-hydrogen) atoms. The van der Waals surface area contributed by atoms with Crippen LogP contribution in [-0.4, -0.2) is 25.8 Å². The maximum atomic E-state index is 14.7. The van der Waals surface area contributed by atoms with Gasteiger partial charge in [-0.2, -0.15) is 0 Å². The van der Waals surface area contributed by atoms with E-state index < -0.39 is 27.2 Å². The van der Waals surface area contributed by atoms with Gasteiger partial charge in [0, 0.05) is 38.6 Å². The van der Waals surface area contributed by atoms with Crippen LogP contribution in [0, 0.1) is 17.5 Å². The van der Waals surface area contributed by atoms with E-state index in [9.17, 15) is 17.4 Å². The highest BCUT2D eigenvalue weighted by Crippen LogP contribution is 2.32. The highest BCUT2D eigenvalue weighted by atomic mass is 32.2. The van der Waals surface area contributed by atoms with Crippen molar-refractivity contribution in [2.45, 2.75) is 6.61 Å². The van der Waals surface area contributed by atoms with Crippen molar-refractivity contribution in [1.82, 2.24) is 9.97 Å². The van der Waals surface area contributed by atoms with Crippen LogP contribution in [0.3, 0.4) is 0 Å². The van der Waals surface area contributed by atoms with Crippen molar-refractivity contribution in [1.29, 1.82) is 0 Å². The van der Waals surface area contributed by atoms with E-state index in [2.05, 4.69) is 15.3 Å². The first-order valence-corrected chi connectivity index (χ1v) is 12.4. The van der Waals surface area contributed by atoms with Crippen LogP contribution in [0.15, 0.2) is 72.9 Å². The number of rotatable bonds is 7. The number of nitrogens with zero attached hydrogens (tertiary/aromatic N) is 2. The zero-order valence-corrected chi connectivity index (χ0v) is 19.4. The number of hydrogen-bond donors (Lipinski definition) is 2. The Bertz CT molecular complexity index is 1480. The van der Waals surface area contributed by atoms with Crippen LogP contribution < -0.4 is 15.2 Å². The van der Waals surface area contributed by atoms with Crippen molar-refractivity contribution >= 4 is 26.7 Å². The minimum atomic E-state index is -2.60. The van der Waals surface area contributed by atoms with Crippen LogP contribution in [0.1, 0.15) is 11.1 Å². The minimum Gasteiger partial charge on any atom is -0.488 e. The normalized spacial score (nSPS) is 12.6. The van der Waals surface area contributed by atoms with E-state index in [1.807, 2.05) is 0 Å². The van der Waals surface area contributed by atoms with Crippen LogP contribution in [0.25, 0.3) is 11.3 Å². The summed E-state index contributed by atoms with van der Waals surface area (Å²) in [5.41, 5.74) is 1.96. The van der Waals surface area contributed by atoms with Gasteiger partial charge >= 0.3 is 0 Å². The third kappa shape index (κ3) is 6.58. The number of anilines is 2. The van der Waals surface area contributed by atoms with Crippen LogP contribution in [0.2, 0.25) is 0 Å². The summed E-state index contributed by atoms with van der Waals surface area (Å²) in [6.07, 6.45) is 2.41. The Morgan fingerprint density at radius 3 is 2.51 bits per heavy atom. The summed E-state index contributed by atoms with van der Waals surface area (Å²) in [5.74, 6) is -1.55. The summed E-state index contributed by atoms with van der Waals surface area (Å²) < 4.78 is 59.4. The number of aromatic nitrogens is 2. The average molecular weight is 499 g/mol. The molecule has 10 heteroatoms. The fourth-order valence-corrected chi connectivity index (χ4v) is 3.95. The largest absolute Gasteiger partial charge is 0.488 e. The van der Waals surface area contributed by atoms with Gasteiger partial charge in [0.05, 0.1) is 6.20 Å². The standard InChI is InChI=1S/C25H21F3N4O2S/c1-35(29,33)15-17-3-2-4-20(11-17)31-25-30-13-22(28)24(32-25)21-10-9-19(27)12-23(21)34-14-16-5-7-18(26)8-6-16/h2-13,15H,14H2,1H3,(H2,29,33)(H,30,31,32). The first kappa shape index (κ1) is 24.2. The molecular weight excluding hydrogens is 477 g/mol. The van der Waals surface area contributed by atoms with Crippen molar-refractivity contribution in [3.8, 4) is 17.0 Å². The average Bonchev–Trinajstić information content (AvgIpc) is 2.79. The monoisotopic (exact) mass is 498 g/mol. The molecule has 0 bridgehead atoms. The van der Waals surface area contributed by atoms with E-state index in [0.29, 0.717) is 16.8 Å². The van der Waals surface area contributed by atoms with Gasteiger partial charge in [-0.05, 0) is 47.5 Å². The predicted octanol–water partition coefficient (Wildman–Crippen LogP) is 4.82. The van der Waals surface area contributed by atoms with Gasteiger partial charge in [0.25, 0.3) is 0 Å². The molecule has 6 nitrogen and oxygen atoms in total. The van der Waals surface area contributed by atoms with Gasteiger partial charge in [0.2, 0.25) is 5.95 Å². The van der Waals surface area contributed by atoms with Crippen molar-refractivity contribution in [2.24, 2.45) is 5.14 Å². The third-order valence-corrected chi connectivity index (χ3v) is 5.50. The lowest BCUT2D eigenvalue weighted by atomic mass is 10.1. The molecule has 0 spiro atoms. The smallest absolute Gasteiger partial charge is 0.227 e. The molecule has 0 radical (unpaired) electrons. The SMILES string of the molecule is CS(N)(=O)=Cc1cccc(Nc2ncc(F)c(-c3ccc(F)cc3OCc3ccc(F)cc3)n2)c1. The second kappa shape index (κ2) is 10.2. The quantitative estimate of drug-likeness (QED) is 0.357. The summed E-state index contributed by atoms with van der Waals surface area (Å²) in [4.78, 5) is 8.23. The van der Waals surface area contributed by atoms with Crippen LogP contribution in [-0.2, 0) is 16.3 Å². The zero-order valence-electron chi connectivity index (χ0n) is 18.5. The van der Waals surface area contributed by atoms with Crippen molar-refractivity contribution < 1.29 is 22.1 Å². The molecule has 0 aliphatic carbocycles. The Hall–Kier alpha value is -3.89.